The van der Waals surface area contributed by atoms with Crippen LogP contribution in [0.5, 0.6) is 0 Å². The molecule has 2 unspecified atom stereocenters. The molecule has 0 aromatic rings. The van der Waals surface area contributed by atoms with Gasteiger partial charge in [-0.15, -0.1) is 0 Å². The highest BCUT2D eigenvalue weighted by atomic mass is 16.5. The van der Waals surface area contributed by atoms with Gasteiger partial charge in [0.2, 0.25) is 0 Å². The predicted molar refractivity (Wildman–Crippen MR) is 34.2 cm³/mol. The second-order valence-corrected chi connectivity index (χ2v) is 2.00. The van der Waals surface area contributed by atoms with E-state index in [2.05, 4.69) is 4.74 Å². The lowest BCUT2D eigenvalue weighted by atomic mass is 10.2. The van der Waals surface area contributed by atoms with E-state index in [1.165, 1.54) is 7.11 Å². The second kappa shape index (κ2) is 4.73. The Morgan fingerprint density at radius 3 is 2.22 bits per heavy atom. The van der Waals surface area contributed by atoms with Crippen molar-refractivity contribution in [3.63, 3.8) is 0 Å². The minimum Gasteiger partial charge on any atom is -0.390 e. The minimum absolute atomic E-state index is 0.203. The summed E-state index contributed by atoms with van der Waals surface area (Å²) < 4.78 is 4.62. The molecule has 0 spiro atoms. The molecule has 2 atom stereocenters. The third-order valence-electron chi connectivity index (χ3n) is 1.20. The lowest BCUT2D eigenvalue weighted by Crippen LogP contribution is -2.29. The minimum atomic E-state index is -0.736. The van der Waals surface area contributed by atoms with Crippen LogP contribution in [0.4, 0.5) is 0 Å². The summed E-state index contributed by atoms with van der Waals surface area (Å²) in [5.41, 5.74) is 0. The lowest BCUT2D eigenvalue weighted by molar-refractivity contribution is -0.0270. The molecular weight excluding hydrogens is 120 g/mol. The van der Waals surface area contributed by atoms with Crippen molar-refractivity contribution in [2.24, 2.45) is 0 Å². The van der Waals surface area contributed by atoms with Gasteiger partial charge in [-0.25, -0.2) is 0 Å². The monoisotopic (exact) mass is 134 g/mol. The molecule has 0 radical (unpaired) electrons. The van der Waals surface area contributed by atoms with E-state index in [1.54, 1.807) is 0 Å². The van der Waals surface area contributed by atoms with Crippen LogP contribution in [-0.4, -0.2) is 36.1 Å². The zero-order valence-electron chi connectivity index (χ0n) is 5.87. The molecule has 3 nitrogen and oxygen atoms in total. The fourth-order valence-corrected chi connectivity index (χ4v) is 0.554. The number of methoxy groups -OCH3 is 1. The molecule has 0 aromatic carbocycles. The molecule has 0 heterocycles. The van der Waals surface area contributed by atoms with Gasteiger partial charge in [-0.3, -0.25) is 0 Å². The van der Waals surface area contributed by atoms with Crippen molar-refractivity contribution in [1.29, 1.82) is 0 Å². The molecule has 56 valence electrons. The van der Waals surface area contributed by atoms with E-state index in [1.807, 2.05) is 6.92 Å². The van der Waals surface area contributed by atoms with Crippen molar-refractivity contribution in [1.82, 2.24) is 0 Å². The van der Waals surface area contributed by atoms with Gasteiger partial charge in [-0.2, -0.15) is 0 Å². The molecule has 0 aliphatic carbocycles. The van der Waals surface area contributed by atoms with Crippen LogP contribution < -0.4 is 0 Å². The zero-order valence-corrected chi connectivity index (χ0v) is 5.87. The van der Waals surface area contributed by atoms with Gasteiger partial charge in [0.15, 0.2) is 0 Å². The molecule has 0 aromatic heterocycles. The van der Waals surface area contributed by atoms with Crippen molar-refractivity contribution >= 4 is 0 Å². The Hall–Kier alpha value is -0.120. The molecule has 3 heteroatoms. The highest BCUT2D eigenvalue weighted by Crippen LogP contribution is 1.97. The Labute approximate surface area is 55.3 Å². The Morgan fingerprint density at radius 2 is 1.89 bits per heavy atom. The van der Waals surface area contributed by atoms with Crippen LogP contribution in [0.3, 0.4) is 0 Å². The number of aliphatic hydroxyl groups excluding tert-OH is 2. The molecule has 0 aliphatic rings. The van der Waals surface area contributed by atoms with Gasteiger partial charge >= 0.3 is 0 Å². The summed E-state index contributed by atoms with van der Waals surface area (Å²) in [6.07, 6.45) is -0.824. The molecule has 0 saturated carbocycles. The van der Waals surface area contributed by atoms with E-state index >= 15 is 0 Å². The fraction of sp³-hybridized carbons (Fsp3) is 1.00. The SMILES string of the molecule is CCC(O)C(O)COC. The highest BCUT2D eigenvalue weighted by molar-refractivity contribution is 4.63. The first kappa shape index (κ1) is 8.88. The number of hydrogen-bond acceptors (Lipinski definition) is 3. The van der Waals surface area contributed by atoms with Gasteiger partial charge in [0.05, 0.1) is 12.7 Å². The molecule has 0 amide bonds. The molecular formula is C6H14O3. The molecule has 9 heavy (non-hydrogen) atoms. The van der Waals surface area contributed by atoms with Crippen molar-refractivity contribution < 1.29 is 14.9 Å². The first-order valence-electron chi connectivity index (χ1n) is 3.07. The normalized spacial score (nSPS) is 17.3. The number of ether oxygens (including phenoxy) is 1. The summed E-state index contributed by atoms with van der Waals surface area (Å²) in [5, 5.41) is 17.9. The third-order valence-corrected chi connectivity index (χ3v) is 1.20. The second-order valence-electron chi connectivity index (χ2n) is 2.00. The van der Waals surface area contributed by atoms with Crippen LogP contribution in [0.2, 0.25) is 0 Å². The van der Waals surface area contributed by atoms with Gasteiger partial charge in [0.1, 0.15) is 6.10 Å². The Kier molecular flexibility index (Phi) is 4.67. The van der Waals surface area contributed by atoms with E-state index in [9.17, 15) is 0 Å². The maximum Gasteiger partial charge on any atom is 0.103 e. The summed E-state index contributed by atoms with van der Waals surface area (Å²) in [6.45, 7) is 2.01. The Morgan fingerprint density at radius 1 is 1.33 bits per heavy atom. The first-order chi connectivity index (χ1) is 4.22. The van der Waals surface area contributed by atoms with Gasteiger partial charge in [0, 0.05) is 7.11 Å². The molecule has 0 saturated heterocycles. The predicted octanol–water partition coefficient (Wildman–Crippen LogP) is -0.235. The number of aliphatic hydroxyl groups is 2. The van der Waals surface area contributed by atoms with E-state index in [-0.39, 0.29) is 6.61 Å². The largest absolute Gasteiger partial charge is 0.390 e. The maximum absolute atomic E-state index is 8.94. The van der Waals surface area contributed by atoms with Crippen LogP contribution in [0.25, 0.3) is 0 Å². The third kappa shape index (κ3) is 3.46. The summed E-state index contributed by atoms with van der Waals surface area (Å²) in [6, 6.07) is 0. The number of hydrogen-bond donors (Lipinski definition) is 2. The van der Waals surface area contributed by atoms with Crippen molar-refractivity contribution in [3.05, 3.63) is 0 Å². The molecule has 0 aliphatic heterocycles. The lowest BCUT2D eigenvalue weighted by Gasteiger charge is -2.13. The standard InChI is InChI=1S/C6H14O3/c1-3-5(7)6(8)4-9-2/h5-8H,3-4H2,1-2H3. The molecule has 0 bridgehead atoms. The highest BCUT2D eigenvalue weighted by Gasteiger charge is 2.12. The average molecular weight is 134 g/mol. The van der Waals surface area contributed by atoms with Crippen molar-refractivity contribution in [2.45, 2.75) is 25.6 Å². The van der Waals surface area contributed by atoms with Crippen LogP contribution >= 0.6 is 0 Å². The molecule has 2 N–H and O–H groups in total. The van der Waals surface area contributed by atoms with Crippen LogP contribution in [0.1, 0.15) is 13.3 Å². The van der Waals surface area contributed by atoms with Crippen LogP contribution in [-0.2, 0) is 4.74 Å². The van der Waals surface area contributed by atoms with E-state index in [0.29, 0.717) is 6.42 Å². The Bertz CT molecular complexity index is 65.3. The van der Waals surface area contributed by atoms with Gasteiger partial charge in [-0.05, 0) is 6.42 Å². The smallest absolute Gasteiger partial charge is 0.103 e. The topological polar surface area (TPSA) is 49.7 Å². The fourth-order valence-electron chi connectivity index (χ4n) is 0.554. The Balaban J connectivity index is 3.32. The van der Waals surface area contributed by atoms with Gasteiger partial charge in [0.25, 0.3) is 0 Å². The zero-order chi connectivity index (χ0) is 7.28. The first-order valence-corrected chi connectivity index (χ1v) is 3.07. The quantitative estimate of drug-likeness (QED) is 0.558. The van der Waals surface area contributed by atoms with Gasteiger partial charge in [-0.1, -0.05) is 6.92 Å². The summed E-state index contributed by atoms with van der Waals surface area (Å²) in [5.74, 6) is 0. The van der Waals surface area contributed by atoms with Crippen molar-refractivity contribution in [3.8, 4) is 0 Å². The average Bonchev–Trinajstić information content (AvgIpc) is 1.87. The summed E-state index contributed by atoms with van der Waals surface area (Å²) in [7, 11) is 1.49. The van der Waals surface area contributed by atoms with Crippen LogP contribution in [0.15, 0.2) is 0 Å². The van der Waals surface area contributed by atoms with Crippen molar-refractivity contribution in [2.75, 3.05) is 13.7 Å². The summed E-state index contributed by atoms with van der Waals surface area (Å²) in [4.78, 5) is 0. The van der Waals surface area contributed by atoms with E-state index in [0.717, 1.165) is 0 Å². The van der Waals surface area contributed by atoms with E-state index < -0.39 is 12.2 Å². The van der Waals surface area contributed by atoms with E-state index in [4.69, 9.17) is 10.2 Å². The molecule has 0 fully saturated rings. The molecule has 0 rings (SSSR count). The van der Waals surface area contributed by atoms with Crippen LogP contribution in [0, 0.1) is 0 Å². The van der Waals surface area contributed by atoms with Gasteiger partial charge < -0.3 is 14.9 Å². The number of rotatable bonds is 4. The maximum atomic E-state index is 8.94. The summed E-state index contributed by atoms with van der Waals surface area (Å²) >= 11 is 0.